The number of aromatic nitrogens is 4. The van der Waals surface area contributed by atoms with Crippen LogP contribution in [0.4, 0.5) is 4.39 Å². The number of hydrogen-bond donors (Lipinski definition) is 1. The van der Waals surface area contributed by atoms with Crippen molar-refractivity contribution in [1.29, 1.82) is 0 Å². The second kappa shape index (κ2) is 9.58. The number of rotatable bonds is 6. The highest BCUT2D eigenvalue weighted by atomic mass is 35.5. The summed E-state index contributed by atoms with van der Waals surface area (Å²) in [4.78, 5) is 43.1. The van der Waals surface area contributed by atoms with E-state index in [0.29, 0.717) is 16.3 Å². The maximum Gasteiger partial charge on any atom is 0.352 e. The van der Waals surface area contributed by atoms with Crippen molar-refractivity contribution in [2.45, 2.75) is 13.1 Å². The lowest BCUT2D eigenvalue weighted by Gasteiger charge is -2.12. The van der Waals surface area contributed by atoms with Crippen LogP contribution in [0.1, 0.15) is 21.7 Å². The topological polar surface area (TPSA) is 98.9 Å². The molecule has 33 heavy (non-hydrogen) atoms. The lowest BCUT2D eigenvalue weighted by molar-refractivity contribution is 0.0940. The van der Waals surface area contributed by atoms with Crippen LogP contribution in [0.25, 0.3) is 5.69 Å². The van der Waals surface area contributed by atoms with E-state index in [1.54, 1.807) is 48.7 Å². The van der Waals surface area contributed by atoms with E-state index in [4.69, 9.17) is 11.6 Å². The highest BCUT2D eigenvalue weighted by Crippen LogP contribution is 2.11. The first-order valence-electron chi connectivity index (χ1n) is 9.85. The van der Waals surface area contributed by atoms with Crippen molar-refractivity contribution in [3.8, 4) is 5.69 Å². The molecule has 0 saturated carbocycles. The summed E-state index contributed by atoms with van der Waals surface area (Å²) >= 11 is 6.02. The van der Waals surface area contributed by atoms with Gasteiger partial charge in [0.05, 0.1) is 24.5 Å². The molecule has 1 amide bonds. The third kappa shape index (κ3) is 5.04. The number of hydrogen-bond acceptors (Lipinski definition) is 5. The minimum Gasteiger partial charge on any atom is -0.345 e. The highest BCUT2D eigenvalue weighted by Gasteiger charge is 2.21. The van der Waals surface area contributed by atoms with Crippen molar-refractivity contribution < 1.29 is 9.18 Å². The van der Waals surface area contributed by atoms with Gasteiger partial charge in [0.25, 0.3) is 11.5 Å². The Balaban J connectivity index is 1.79. The standard InChI is InChI=1S/C23H17ClFN5O3/c24-16-6-3-5-15(11-16)14-29-22(32)20(21(31)27-13-18-8-1-2-10-26-18)28-30(23(29)33)19-9-4-7-17(25)12-19/h1-12H,13-14H2,(H,27,31). The highest BCUT2D eigenvalue weighted by molar-refractivity contribution is 6.30. The van der Waals surface area contributed by atoms with Gasteiger partial charge in [-0.2, -0.15) is 9.78 Å². The average Bonchev–Trinajstić information content (AvgIpc) is 2.81. The number of amides is 1. The monoisotopic (exact) mass is 465 g/mol. The Labute approximate surface area is 191 Å². The zero-order valence-electron chi connectivity index (χ0n) is 17.1. The van der Waals surface area contributed by atoms with Gasteiger partial charge in [-0.3, -0.25) is 19.1 Å². The predicted molar refractivity (Wildman–Crippen MR) is 120 cm³/mol. The number of nitrogens with zero attached hydrogens (tertiary/aromatic N) is 4. The normalized spacial score (nSPS) is 10.7. The van der Waals surface area contributed by atoms with Crippen LogP contribution in [0.5, 0.6) is 0 Å². The van der Waals surface area contributed by atoms with Crippen LogP contribution in [-0.4, -0.2) is 25.2 Å². The van der Waals surface area contributed by atoms with Crippen LogP contribution in [0.2, 0.25) is 5.02 Å². The van der Waals surface area contributed by atoms with Crippen LogP contribution < -0.4 is 16.6 Å². The number of halogens is 2. The SMILES string of the molecule is O=C(NCc1ccccn1)c1nn(-c2cccc(F)c2)c(=O)n(Cc2cccc(Cl)c2)c1=O. The molecule has 4 aromatic rings. The maximum atomic E-state index is 13.8. The van der Waals surface area contributed by atoms with E-state index in [-0.39, 0.29) is 18.8 Å². The van der Waals surface area contributed by atoms with E-state index in [9.17, 15) is 18.8 Å². The van der Waals surface area contributed by atoms with E-state index in [1.807, 2.05) is 0 Å². The molecular formula is C23H17ClFN5O3. The van der Waals surface area contributed by atoms with Crippen molar-refractivity contribution in [3.05, 3.63) is 122 Å². The molecule has 0 aliphatic heterocycles. The Kier molecular flexibility index (Phi) is 6.41. The first kappa shape index (κ1) is 22.1. The molecule has 0 aliphatic rings. The number of carbonyl (C=O) groups excluding carboxylic acids is 1. The van der Waals surface area contributed by atoms with Gasteiger partial charge in [-0.05, 0) is 48.0 Å². The van der Waals surface area contributed by atoms with Gasteiger partial charge in [0, 0.05) is 11.2 Å². The van der Waals surface area contributed by atoms with Crippen LogP contribution in [0.15, 0.2) is 82.5 Å². The van der Waals surface area contributed by atoms with Gasteiger partial charge in [0.15, 0.2) is 0 Å². The number of nitrogens with one attached hydrogen (secondary N) is 1. The summed E-state index contributed by atoms with van der Waals surface area (Å²) in [6.07, 6.45) is 1.57. The zero-order chi connectivity index (χ0) is 23.4. The Morgan fingerprint density at radius 3 is 2.58 bits per heavy atom. The van der Waals surface area contributed by atoms with Gasteiger partial charge < -0.3 is 5.32 Å². The minimum absolute atomic E-state index is 0.0498. The van der Waals surface area contributed by atoms with Crippen LogP contribution >= 0.6 is 11.6 Å². The number of benzene rings is 2. The molecule has 0 bridgehead atoms. The molecule has 8 nitrogen and oxygen atoms in total. The van der Waals surface area contributed by atoms with Gasteiger partial charge >= 0.3 is 5.69 Å². The fourth-order valence-electron chi connectivity index (χ4n) is 3.15. The molecule has 0 fully saturated rings. The second-order valence-corrected chi connectivity index (χ2v) is 7.48. The summed E-state index contributed by atoms with van der Waals surface area (Å²) in [5.41, 5.74) is -1.02. The smallest absolute Gasteiger partial charge is 0.345 e. The molecule has 2 aromatic carbocycles. The zero-order valence-corrected chi connectivity index (χ0v) is 17.9. The summed E-state index contributed by atoms with van der Waals surface area (Å²) in [5, 5.41) is 6.96. The Morgan fingerprint density at radius 1 is 1.03 bits per heavy atom. The average molecular weight is 466 g/mol. The van der Waals surface area contributed by atoms with Crippen molar-refractivity contribution in [1.82, 2.24) is 24.6 Å². The van der Waals surface area contributed by atoms with E-state index >= 15 is 0 Å². The predicted octanol–water partition coefficient (Wildman–Crippen LogP) is 2.56. The van der Waals surface area contributed by atoms with E-state index in [2.05, 4.69) is 15.4 Å². The Morgan fingerprint density at radius 2 is 1.85 bits per heavy atom. The molecule has 4 rings (SSSR count). The molecule has 1 N–H and O–H groups in total. The van der Waals surface area contributed by atoms with E-state index in [0.717, 1.165) is 15.3 Å². The Hall–Kier alpha value is -4.11. The number of pyridine rings is 1. The van der Waals surface area contributed by atoms with Crippen LogP contribution in [0.3, 0.4) is 0 Å². The third-order valence-electron chi connectivity index (χ3n) is 4.71. The largest absolute Gasteiger partial charge is 0.352 e. The van der Waals surface area contributed by atoms with Crippen LogP contribution in [-0.2, 0) is 13.1 Å². The lowest BCUT2D eigenvalue weighted by Crippen LogP contribution is -2.46. The number of carbonyl (C=O) groups is 1. The van der Waals surface area contributed by atoms with Gasteiger partial charge in [-0.25, -0.2) is 9.18 Å². The molecule has 0 spiro atoms. The molecule has 0 aliphatic carbocycles. The van der Waals surface area contributed by atoms with Gasteiger partial charge in [0.1, 0.15) is 5.82 Å². The maximum absolute atomic E-state index is 13.8. The lowest BCUT2D eigenvalue weighted by atomic mass is 10.2. The summed E-state index contributed by atoms with van der Waals surface area (Å²) in [7, 11) is 0. The van der Waals surface area contributed by atoms with E-state index in [1.165, 1.54) is 18.2 Å². The molecule has 0 radical (unpaired) electrons. The molecule has 2 heterocycles. The quantitative estimate of drug-likeness (QED) is 0.472. The van der Waals surface area contributed by atoms with Crippen molar-refractivity contribution in [3.63, 3.8) is 0 Å². The summed E-state index contributed by atoms with van der Waals surface area (Å²) in [5.74, 6) is -1.40. The third-order valence-corrected chi connectivity index (χ3v) is 4.95. The molecule has 0 saturated heterocycles. The summed E-state index contributed by atoms with van der Waals surface area (Å²) < 4.78 is 15.5. The van der Waals surface area contributed by atoms with E-state index < -0.39 is 28.7 Å². The van der Waals surface area contributed by atoms with Crippen LogP contribution in [0, 0.1) is 5.82 Å². The van der Waals surface area contributed by atoms with Gasteiger partial charge in [-0.15, -0.1) is 0 Å². The summed E-state index contributed by atoms with van der Waals surface area (Å²) in [6.45, 7) is -0.106. The molecular weight excluding hydrogens is 449 g/mol. The minimum atomic E-state index is -0.883. The first-order chi connectivity index (χ1) is 15.9. The molecule has 0 atom stereocenters. The summed E-state index contributed by atoms with van der Waals surface area (Å²) in [6, 6.07) is 16.9. The molecule has 2 aromatic heterocycles. The van der Waals surface area contributed by atoms with Crippen molar-refractivity contribution in [2.75, 3.05) is 0 Å². The second-order valence-electron chi connectivity index (χ2n) is 7.05. The Bertz CT molecular complexity index is 1440. The van der Waals surface area contributed by atoms with Gasteiger partial charge in [0.2, 0.25) is 5.69 Å². The molecule has 10 heteroatoms. The van der Waals surface area contributed by atoms with Crippen molar-refractivity contribution >= 4 is 17.5 Å². The molecule has 166 valence electrons. The fraction of sp³-hybridized carbons (Fsp3) is 0.0870. The van der Waals surface area contributed by atoms with Crippen molar-refractivity contribution in [2.24, 2.45) is 0 Å². The first-order valence-corrected chi connectivity index (χ1v) is 10.2. The molecule has 0 unspecified atom stereocenters. The fourth-order valence-corrected chi connectivity index (χ4v) is 3.36. The van der Waals surface area contributed by atoms with Gasteiger partial charge in [-0.1, -0.05) is 35.9 Å².